The molecule has 0 unspecified atom stereocenters. The predicted molar refractivity (Wildman–Crippen MR) is 189 cm³/mol. The Morgan fingerprint density at radius 2 is 0.977 bits per heavy atom. The summed E-state index contributed by atoms with van der Waals surface area (Å²) in [5, 5.41) is 6.44. The van der Waals surface area contributed by atoms with E-state index >= 15 is 0 Å². The summed E-state index contributed by atoms with van der Waals surface area (Å²) in [6, 6.07) is 44.0. The van der Waals surface area contributed by atoms with Crippen LogP contribution in [-0.4, -0.2) is 9.97 Å². The van der Waals surface area contributed by atoms with Crippen LogP contribution in [0.5, 0.6) is 0 Å². The van der Waals surface area contributed by atoms with E-state index in [1.165, 1.54) is 72.7 Å². The third-order valence-corrected chi connectivity index (χ3v) is 12.0. The van der Waals surface area contributed by atoms with Gasteiger partial charge >= 0.3 is 0 Å². The SMILES string of the molecule is c1ccc2c(c1)sc1c(-c3ccc4nc5sc6ccc(-c7cccc8c7sc7ccccc78)cc6c5nc4c3)cccc12. The van der Waals surface area contributed by atoms with Gasteiger partial charge in [0.15, 0.2) is 0 Å². The smallest absolute Gasteiger partial charge is 0.143 e. The predicted octanol–water partition coefficient (Wildman–Crippen LogP) is 12.1. The minimum Gasteiger partial charge on any atom is -0.243 e. The maximum atomic E-state index is 5.26. The molecule has 6 aromatic carbocycles. The van der Waals surface area contributed by atoms with Gasteiger partial charge in [-0.1, -0.05) is 84.9 Å². The molecule has 0 atom stereocenters. The van der Waals surface area contributed by atoms with Gasteiger partial charge in [0.05, 0.1) is 11.0 Å². The third kappa shape index (κ3) is 3.50. The standard InChI is InChI=1S/C38H20N2S3/c1-3-13-32-25(7-1)27-11-5-9-23(36(27)41-32)21-16-18-34-29(19-21)35-38(43-34)40-30-17-15-22(20-31(30)39-35)24-10-6-12-28-26-8-2-4-14-33(26)42-37(24)28/h1-20H. The lowest BCUT2D eigenvalue weighted by atomic mass is 10.0. The first-order chi connectivity index (χ1) is 21.3. The van der Waals surface area contributed by atoms with Crippen LogP contribution >= 0.6 is 34.0 Å². The second-order valence-corrected chi connectivity index (χ2v) is 14.1. The van der Waals surface area contributed by atoms with Crippen LogP contribution in [0.4, 0.5) is 0 Å². The fourth-order valence-corrected chi connectivity index (χ4v) is 9.96. The van der Waals surface area contributed by atoms with Crippen molar-refractivity contribution in [2.75, 3.05) is 0 Å². The molecule has 2 nitrogen and oxygen atoms in total. The molecule has 0 saturated heterocycles. The van der Waals surface area contributed by atoms with Gasteiger partial charge in [0, 0.05) is 50.4 Å². The van der Waals surface area contributed by atoms with E-state index in [-0.39, 0.29) is 0 Å². The maximum Gasteiger partial charge on any atom is 0.143 e. The van der Waals surface area contributed by atoms with Crippen LogP contribution in [0.1, 0.15) is 0 Å². The summed E-state index contributed by atoms with van der Waals surface area (Å²) in [4.78, 5) is 11.3. The lowest BCUT2D eigenvalue weighted by Gasteiger charge is -2.06. The van der Waals surface area contributed by atoms with Gasteiger partial charge in [-0.15, -0.1) is 34.0 Å². The van der Waals surface area contributed by atoms with Crippen LogP contribution in [0.3, 0.4) is 0 Å². The molecule has 43 heavy (non-hydrogen) atoms. The van der Waals surface area contributed by atoms with Gasteiger partial charge < -0.3 is 0 Å². The van der Waals surface area contributed by atoms with Crippen molar-refractivity contribution in [3.8, 4) is 22.3 Å². The normalized spacial score (nSPS) is 12.2. The average molecular weight is 601 g/mol. The largest absolute Gasteiger partial charge is 0.243 e. The summed E-state index contributed by atoms with van der Waals surface area (Å²) >= 11 is 5.46. The number of rotatable bonds is 2. The molecule has 0 aliphatic heterocycles. The topological polar surface area (TPSA) is 25.8 Å². The van der Waals surface area contributed by atoms with Crippen LogP contribution < -0.4 is 0 Å². The molecule has 0 fully saturated rings. The summed E-state index contributed by atoms with van der Waals surface area (Å²) in [5.74, 6) is 0. The van der Waals surface area contributed by atoms with Crippen molar-refractivity contribution in [2.45, 2.75) is 0 Å². The van der Waals surface area contributed by atoms with E-state index in [0.29, 0.717) is 0 Å². The molecule has 200 valence electrons. The molecule has 4 aromatic heterocycles. The highest BCUT2D eigenvalue weighted by Crippen LogP contribution is 2.43. The third-order valence-electron chi connectivity index (χ3n) is 8.50. The first-order valence-electron chi connectivity index (χ1n) is 14.2. The molecule has 0 amide bonds. The molecule has 10 aromatic rings. The van der Waals surface area contributed by atoms with Crippen LogP contribution in [0.2, 0.25) is 0 Å². The molecule has 10 rings (SSSR count). The number of hydrogen-bond acceptors (Lipinski definition) is 5. The Kier molecular flexibility index (Phi) is 4.94. The van der Waals surface area contributed by atoms with Crippen LogP contribution in [0, 0.1) is 0 Å². The number of hydrogen-bond donors (Lipinski definition) is 0. The molecule has 0 aliphatic rings. The van der Waals surface area contributed by atoms with E-state index in [9.17, 15) is 0 Å². The number of aromatic nitrogens is 2. The van der Waals surface area contributed by atoms with E-state index in [2.05, 4.69) is 121 Å². The first-order valence-corrected chi connectivity index (χ1v) is 16.7. The van der Waals surface area contributed by atoms with Crippen LogP contribution in [0.25, 0.3) is 94.1 Å². The highest BCUT2D eigenvalue weighted by Gasteiger charge is 2.15. The Labute approximate surface area is 258 Å². The molecule has 0 spiro atoms. The van der Waals surface area contributed by atoms with E-state index in [1.807, 2.05) is 22.7 Å². The van der Waals surface area contributed by atoms with E-state index < -0.39 is 0 Å². The van der Waals surface area contributed by atoms with Crippen molar-refractivity contribution in [1.29, 1.82) is 0 Å². The molecular weight excluding hydrogens is 581 g/mol. The molecule has 4 heterocycles. The van der Waals surface area contributed by atoms with Crippen molar-refractivity contribution < 1.29 is 0 Å². The Bertz CT molecular complexity index is 2740. The minimum atomic E-state index is 0.930. The molecule has 0 bridgehead atoms. The summed E-state index contributed by atoms with van der Waals surface area (Å²) in [5.41, 5.74) is 7.76. The second-order valence-electron chi connectivity index (χ2n) is 11.0. The van der Waals surface area contributed by atoms with Crippen molar-refractivity contribution in [3.05, 3.63) is 121 Å². The van der Waals surface area contributed by atoms with Crippen LogP contribution in [-0.2, 0) is 0 Å². The zero-order valence-electron chi connectivity index (χ0n) is 22.7. The van der Waals surface area contributed by atoms with Crippen molar-refractivity contribution in [2.24, 2.45) is 0 Å². The quantitative estimate of drug-likeness (QED) is 0.197. The molecule has 0 saturated carbocycles. The minimum absolute atomic E-state index is 0.930. The molecule has 0 radical (unpaired) electrons. The van der Waals surface area contributed by atoms with Gasteiger partial charge in [0.1, 0.15) is 10.3 Å². The van der Waals surface area contributed by atoms with Crippen LogP contribution in [0.15, 0.2) is 121 Å². The lowest BCUT2D eigenvalue weighted by molar-refractivity contribution is 1.43. The van der Waals surface area contributed by atoms with Gasteiger partial charge in [-0.2, -0.15) is 0 Å². The van der Waals surface area contributed by atoms with E-state index in [0.717, 1.165) is 21.4 Å². The van der Waals surface area contributed by atoms with E-state index in [1.54, 1.807) is 11.3 Å². The highest BCUT2D eigenvalue weighted by atomic mass is 32.1. The van der Waals surface area contributed by atoms with Crippen molar-refractivity contribution in [3.63, 3.8) is 0 Å². The van der Waals surface area contributed by atoms with Crippen molar-refractivity contribution in [1.82, 2.24) is 9.97 Å². The average Bonchev–Trinajstić information content (AvgIpc) is 3.74. The summed E-state index contributed by atoms with van der Waals surface area (Å²) in [7, 11) is 0. The monoisotopic (exact) mass is 600 g/mol. The van der Waals surface area contributed by atoms with E-state index in [4.69, 9.17) is 9.97 Å². The second kappa shape index (κ2) is 8.91. The fourth-order valence-electron chi connectivity index (χ4n) is 6.48. The summed E-state index contributed by atoms with van der Waals surface area (Å²) < 4.78 is 6.51. The van der Waals surface area contributed by atoms with Gasteiger partial charge in [0.25, 0.3) is 0 Å². The first kappa shape index (κ1) is 23.8. The molecular formula is C38H20N2S3. The van der Waals surface area contributed by atoms with Gasteiger partial charge in [-0.25, -0.2) is 9.97 Å². The van der Waals surface area contributed by atoms with Gasteiger partial charge in [-0.3, -0.25) is 0 Å². The Hall–Kier alpha value is -4.68. The fraction of sp³-hybridized carbons (Fsp3) is 0. The number of benzene rings is 6. The lowest BCUT2D eigenvalue weighted by Crippen LogP contribution is -1.86. The Morgan fingerprint density at radius 3 is 1.67 bits per heavy atom. The number of nitrogens with zero attached hydrogens (tertiary/aromatic N) is 2. The highest BCUT2D eigenvalue weighted by molar-refractivity contribution is 7.27. The zero-order valence-corrected chi connectivity index (χ0v) is 25.1. The van der Waals surface area contributed by atoms with Gasteiger partial charge in [0.2, 0.25) is 0 Å². The Balaban J connectivity index is 1.16. The Morgan fingerprint density at radius 1 is 0.395 bits per heavy atom. The summed E-state index contributed by atoms with van der Waals surface area (Å²) in [6.07, 6.45) is 0. The summed E-state index contributed by atoms with van der Waals surface area (Å²) in [6.45, 7) is 0. The van der Waals surface area contributed by atoms with Gasteiger partial charge in [-0.05, 0) is 58.7 Å². The molecule has 5 heteroatoms. The number of thiophene rings is 3. The molecule has 0 N–H and O–H groups in total. The van der Waals surface area contributed by atoms with Crippen molar-refractivity contribution >= 4 is 106 Å². The molecule has 0 aliphatic carbocycles. The zero-order chi connectivity index (χ0) is 28.1. The number of fused-ring (bicyclic) bond motifs is 10. The maximum absolute atomic E-state index is 5.26.